The second-order valence-electron chi connectivity index (χ2n) is 5.35. The Morgan fingerprint density at radius 2 is 2.24 bits per heavy atom. The summed E-state index contributed by atoms with van der Waals surface area (Å²) in [6.45, 7) is 3.55. The zero-order valence-corrected chi connectivity index (χ0v) is 12.0. The van der Waals surface area contributed by atoms with E-state index >= 15 is 0 Å². The van der Waals surface area contributed by atoms with Crippen molar-refractivity contribution in [2.75, 3.05) is 13.1 Å². The van der Waals surface area contributed by atoms with E-state index < -0.39 is 0 Å². The topological polar surface area (TPSA) is 67.2 Å². The molecule has 0 bridgehead atoms. The zero-order valence-electron chi connectivity index (χ0n) is 12.0. The van der Waals surface area contributed by atoms with Gasteiger partial charge in [0.05, 0.1) is 12.1 Å². The quantitative estimate of drug-likeness (QED) is 0.903. The number of amides is 1. The summed E-state index contributed by atoms with van der Waals surface area (Å²) in [5.74, 6) is 1.37. The summed E-state index contributed by atoms with van der Waals surface area (Å²) >= 11 is 0. The van der Waals surface area contributed by atoms with Gasteiger partial charge in [-0.15, -0.1) is 0 Å². The van der Waals surface area contributed by atoms with Gasteiger partial charge in [0.2, 0.25) is 11.8 Å². The predicted octanol–water partition coefficient (Wildman–Crippen LogP) is 2.13. The van der Waals surface area contributed by atoms with Crippen molar-refractivity contribution in [3.8, 4) is 11.3 Å². The van der Waals surface area contributed by atoms with Crippen LogP contribution in [0.1, 0.15) is 25.3 Å². The molecule has 2 atom stereocenters. The van der Waals surface area contributed by atoms with Crippen LogP contribution < -0.4 is 10.6 Å². The second-order valence-corrected chi connectivity index (χ2v) is 5.35. The highest BCUT2D eigenvalue weighted by Crippen LogP contribution is 2.23. The lowest BCUT2D eigenvalue weighted by atomic mass is 10.1. The van der Waals surface area contributed by atoms with Crippen molar-refractivity contribution in [1.82, 2.24) is 15.6 Å². The van der Waals surface area contributed by atoms with Crippen LogP contribution in [0.5, 0.6) is 0 Å². The van der Waals surface area contributed by atoms with Crippen LogP contribution in [0.4, 0.5) is 0 Å². The Bertz CT molecular complexity index is 603. The van der Waals surface area contributed by atoms with Gasteiger partial charge in [-0.05, 0) is 19.9 Å². The van der Waals surface area contributed by atoms with Gasteiger partial charge in [-0.2, -0.15) is 0 Å². The molecule has 1 aromatic carbocycles. The lowest BCUT2D eigenvalue weighted by Gasteiger charge is -2.13. The number of nitrogens with one attached hydrogen (secondary N) is 2. The second kappa shape index (κ2) is 6.10. The zero-order chi connectivity index (χ0) is 14.7. The number of nitrogens with zero attached hydrogens (tertiary/aromatic N) is 1. The lowest BCUT2D eigenvalue weighted by Crippen LogP contribution is -2.33. The highest BCUT2D eigenvalue weighted by molar-refractivity contribution is 5.79. The van der Waals surface area contributed by atoms with Crippen LogP contribution in [0.25, 0.3) is 11.3 Å². The molecule has 3 rings (SSSR count). The number of hydrogen-bond acceptors (Lipinski definition) is 4. The van der Waals surface area contributed by atoms with E-state index in [9.17, 15) is 4.79 Å². The van der Waals surface area contributed by atoms with Gasteiger partial charge < -0.3 is 15.1 Å². The van der Waals surface area contributed by atoms with Gasteiger partial charge >= 0.3 is 0 Å². The molecule has 1 saturated heterocycles. The normalized spacial score (nSPS) is 19.4. The van der Waals surface area contributed by atoms with Gasteiger partial charge in [0.1, 0.15) is 6.04 Å². The largest absolute Gasteiger partial charge is 0.438 e. The molecule has 2 unspecified atom stereocenters. The molecule has 0 spiro atoms. The van der Waals surface area contributed by atoms with E-state index in [1.54, 1.807) is 6.20 Å². The Morgan fingerprint density at radius 3 is 2.95 bits per heavy atom. The predicted molar refractivity (Wildman–Crippen MR) is 79.5 cm³/mol. The molecule has 0 saturated carbocycles. The van der Waals surface area contributed by atoms with Crippen LogP contribution >= 0.6 is 0 Å². The molecular weight excluding hydrogens is 266 g/mol. The lowest BCUT2D eigenvalue weighted by molar-refractivity contribution is -0.125. The highest BCUT2D eigenvalue weighted by Gasteiger charge is 2.25. The molecule has 5 heteroatoms. The van der Waals surface area contributed by atoms with Crippen LogP contribution in [0.3, 0.4) is 0 Å². The molecular formula is C16H19N3O2. The molecule has 2 aromatic rings. The molecule has 2 heterocycles. The number of hydrogen-bond donors (Lipinski definition) is 2. The maximum Gasteiger partial charge on any atom is 0.225 e. The molecule has 1 aromatic heterocycles. The summed E-state index contributed by atoms with van der Waals surface area (Å²) < 4.78 is 5.75. The molecule has 1 fully saturated rings. The fraction of sp³-hybridized carbons (Fsp3) is 0.375. The molecule has 0 aliphatic carbocycles. The fourth-order valence-corrected chi connectivity index (χ4v) is 2.50. The van der Waals surface area contributed by atoms with Gasteiger partial charge in [0, 0.05) is 12.1 Å². The third-order valence-corrected chi connectivity index (χ3v) is 3.74. The van der Waals surface area contributed by atoms with E-state index in [1.807, 2.05) is 37.3 Å². The average Bonchev–Trinajstić information content (AvgIpc) is 3.20. The molecule has 0 radical (unpaired) electrons. The Kier molecular flexibility index (Phi) is 4.01. The van der Waals surface area contributed by atoms with Crippen molar-refractivity contribution in [3.63, 3.8) is 0 Å². The van der Waals surface area contributed by atoms with E-state index in [1.165, 1.54) is 0 Å². The van der Waals surface area contributed by atoms with Crippen molar-refractivity contribution < 1.29 is 9.21 Å². The van der Waals surface area contributed by atoms with E-state index in [-0.39, 0.29) is 17.9 Å². The standard InChI is InChI=1S/C16H19N3O2/c1-11(19-15(20)13-7-8-17-9-13)16-18-10-14(21-16)12-5-3-2-4-6-12/h2-6,10-11,13,17H,7-9H2,1H3,(H,19,20). The van der Waals surface area contributed by atoms with Gasteiger partial charge in [-0.1, -0.05) is 30.3 Å². The molecule has 5 nitrogen and oxygen atoms in total. The number of benzene rings is 1. The first-order valence-corrected chi connectivity index (χ1v) is 7.26. The van der Waals surface area contributed by atoms with Crippen LogP contribution in [-0.2, 0) is 4.79 Å². The van der Waals surface area contributed by atoms with Gasteiger partial charge in [-0.25, -0.2) is 4.98 Å². The minimum atomic E-state index is -0.226. The Labute approximate surface area is 123 Å². The summed E-state index contributed by atoms with van der Waals surface area (Å²) in [5, 5.41) is 6.16. The summed E-state index contributed by atoms with van der Waals surface area (Å²) in [6, 6.07) is 9.58. The monoisotopic (exact) mass is 285 g/mol. The van der Waals surface area contributed by atoms with Crippen molar-refractivity contribution in [1.29, 1.82) is 0 Å². The summed E-state index contributed by atoms with van der Waals surface area (Å²) in [5.41, 5.74) is 0.981. The summed E-state index contributed by atoms with van der Waals surface area (Å²) in [6.07, 6.45) is 2.59. The molecule has 1 amide bonds. The summed E-state index contributed by atoms with van der Waals surface area (Å²) in [4.78, 5) is 16.4. The van der Waals surface area contributed by atoms with Crippen molar-refractivity contribution in [3.05, 3.63) is 42.4 Å². The van der Waals surface area contributed by atoms with Crippen molar-refractivity contribution >= 4 is 5.91 Å². The average molecular weight is 285 g/mol. The first-order chi connectivity index (χ1) is 10.2. The number of oxazole rings is 1. The maximum absolute atomic E-state index is 12.1. The maximum atomic E-state index is 12.1. The first-order valence-electron chi connectivity index (χ1n) is 7.26. The van der Waals surface area contributed by atoms with E-state index in [4.69, 9.17) is 4.42 Å². The Hall–Kier alpha value is -2.14. The van der Waals surface area contributed by atoms with Gasteiger partial charge in [-0.3, -0.25) is 4.79 Å². The van der Waals surface area contributed by atoms with Gasteiger partial charge in [0.25, 0.3) is 0 Å². The van der Waals surface area contributed by atoms with E-state index in [2.05, 4.69) is 15.6 Å². The Morgan fingerprint density at radius 1 is 1.43 bits per heavy atom. The van der Waals surface area contributed by atoms with E-state index in [0.717, 1.165) is 25.1 Å². The van der Waals surface area contributed by atoms with Crippen LogP contribution in [0, 0.1) is 5.92 Å². The molecule has 2 N–H and O–H groups in total. The molecule has 1 aliphatic rings. The van der Waals surface area contributed by atoms with Crippen molar-refractivity contribution in [2.24, 2.45) is 5.92 Å². The van der Waals surface area contributed by atoms with Gasteiger partial charge in [0.15, 0.2) is 5.76 Å². The third-order valence-electron chi connectivity index (χ3n) is 3.74. The SMILES string of the molecule is CC(NC(=O)C1CCNC1)c1ncc(-c2ccccc2)o1. The summed E-state index contributed by atoms with van der Waals surface area (Å²) in [7, 11) is 0. The Balaban J connectivity index is 1.66. The molecule has 21 heavy (non-hydrogen) atoms. The van der Waals surface area contributed by atoms with Crippen molar-refractivity contribution in [2.45, 2.75) is 19.4 Å². The van der Waals surface area contributed by atoms with Crippen LogP contribution in [0.2, 0.25) is 0 Å². The van der Waals surface area contributed by atoms with Crippen LogP contribution in [-0.4, -0.2) is 24.0 Å². The number of aromatic nitrogens is 1. The fourth-order valence-electron chi connectivity index (χ4n) is 2.50. The highest BCUT2D eigenvalue weighted by atomic mass is 16.4. The minimum absolute atomic E-state index is 0.0519. The number of rotatable bonds is 4. The smallest absolute Gasteiger partial charge is 0.225 e. The third kappa shape index (κ3) is 3.13. The molecule has 110 valence electrons. The number of carbonyl (C=O) groups excluding carboxylic acids is 1. The first kappa shape index (κ1) is 13.8. The number of carbonyl (C=O) groups is 1. The van der Waals surface area contributed by atoms with E-state index in [0.29, 0.717) is 11.7 Å². The van der Waals surface area contributed by atoms with Crippen LogP contribution in [0.15, 0.2) is 40.9 Å². The molecule has 1 aliphatic heterocycles. The minimum Gasteiger partial charge on any atom is -0.438 e.